The minimum absolute atomic E-state index is 0.181. The first-order valence-corrected chi connectivity index (χ1v) is 7.07. The fraction of sp³-hybridized carbons (Fsp3) is 0.429. The van der Waals surface area contributed by atoms with Gasteiger partial charge >= 0.3 is 0 Å². The molecule has 0 bridgehead atoms. The van der Waals surface area contributed by atoms with Crippen LogP contribution in [0.25, 0.3) is 10.9 Å². The summed E-state index contributed by atoms with van der Waals surface area (Å²) in [5, 5.41) is 1.26. The van der Waals surface area contributed by atoms with Crippen LogP contribution in [0, 0.1) is 5.92 Å². The van der Waals surface area contributed by atoms with Gasteiger partial charge in [0.2, 0.25) is 0 Å². The summed E-state index contributed by atoms with van der Waals surface area (Å²) in [5.41, 5.74) is 8.87. The van der Waals surface area contributed by atoms with Crippen molar-refractivity contribution in [1.29, 1.82) is 0 Å². The fourth-order valence-corrected chi connectivity index (χ4v) is 3.32. The molecule has 3 N–H and O–H groups in total. The third kappa shape index (κ3) is 2.02. The number of aromatic nitrogens is 1. The SMILES string of the molecule is N[C@H](c1c[nH]c2ccc(Br)cc12)C1CCCC1. The zero-order valence-electron chi connectivity index (χ0n) is 9.75. The number of fused-ring (bicyclic) bond motifs is 1. The van der Waals surface area contributed by atoms with E-state index in [-0.39, 0.29) is 6.04 Å². The Hall–Kier alpha value is -0.800. The van der Waals surface area contributed by atoms with Crippen LogP contribution in [0.1, 0.15) is 37.3 Å². The quantitative estimate of drug-likeness (QED) is 0.859. The van der Waals surface area contributed by atoms with Crippen molar-refractivity contribution in [3.8, 4) is 0 Å². The van der Waals surface area contributed by atoms with Gasteiger partial charge < -0.3 is 10.7 Å². The summed E-state index contributed by atoms with van der Waals surface area (Å²) in [6.07, 6.45) is 7.32. The maximum absolute atomic E-state index is 6.43. The highest BCUT2D eigenvalue weighted by Gasteiger charge is 2.25. The van der Waals surface area contributed by atoms with Crippen LogP contribution in [0.2, 0.25) is 0 Å². The number of rotatable bonds is 2. The Balaban J connectivity index is 2.01. The molecule has 2 nitrogen and oxygen atoms in total. The third-order valence-electron chi connectivity index (χ3n) is 3.94. The van der Waals surface area contributed by atoms with E-state index < -0.39 is 0 Å². The molecule has 1 fully saturated rings. The maximum atomic E-state index is 6.43. The van der Waals surface area contributed by atoms with Crippen LogP contribution < -0.4 is 5.73 Å². The molecule has 3 rings (SSSR count). The maximum Gasteiger partial charge on any atom is 0.0458 e. The van der Waals surface area contributed by atoms with E-state index in [4.69, 9.17) is 5.73 Å². The Labute approximate surface area is 110 Å². The molecule has 1 aromatic heterocycles. The van der Waals surface area contributed by atoms with Gasteiger partial charge in [-0.15, -0.1) is 0 Å². The fourth-order valence-electron chi connectivity index (χ4n) is 2.96. The number of H-pyrrole nitrogens is 1. The Bertz CT molecular complexity index is 526. The number of benzene rings is 1. The summed E-state index contributed by atoms with van der Waals surface area (Å²) in [5.74, 6) is 0.660. The lowest BCUT2D eigenvalue weighted by atomic mass is 9.92. The van der Waals surface area contributed by atoms with Crippen molar-refractivity contribution >= 4 is 26.8 Å². The molecule has 17 heavy (non-hydrogen) atoms. The van der Waals surface area contributed by atoms with Gasteiger partial charge in [-0.3, -0.25) is 0 Å². The van der Waals surface area contributed by atoms with Gasteiger partial charge in [0, 0.05) is 27.6 Å². The molecule has 0 radical (unpaired) electrons. The van der Waals surface area contributed by atoms with Gasteiger partial charge in [-0.2, -0.15) is 0 Å². The van der Waals surface area contributed by atoms with Crippen LogP contribution in [-0.2, 0) is 0 Å². The monoisotopic (exact) mass is 292 g/mol. The van der Waals surface area contributed by atoms with Gasteiger partial charge in [0.1, 0.15) is 0 Å². The predicted molar refractivity (Wildman–Crippen MR) is 74.9 cm³/mol. The first-order chi connectivity index (χ1) is 8.25. The molecule has 2 aromatic rings. The molecule has 1 saturated carbocycles. The van der Waals surface area contributed by atoms with Crippen molar-refractivity contribution in [2.45, 2.75) is 31.7 Å². The highest BCUT2D eigenvalue weighted by atomic mass is 79.9. The molecule has 0 amide bonds. The molecule has 3 heteroatoms. The molecule has 1 atom stereocenters. The van der Waals surface area contributed by atoms with Crippen LogP contribution in [0.5, 0.6) is 0 Å². The van der Waals surface area contributed by atoms with E-state index in [0.717, 1.165) is 4.47 Å². The normalized spacial score (nSPS) is 18.9. The summed E-state index contributed by atoms with van der Waals surface area (Å²) in [6, 6.07) is 6.50. The molecule has 0 spiro atoms. The van der Waals surface area contributed by atoms with Gasteiger partial charge in [0.25, 0.3) is 0 Å². The van der Waals surface area contributed by atoms with Crippen molar-refractivity contribution in [3.05, 3.63) is 34.4 Å². The van der Waals surface area contributed by atoms with E-state index >= 15 is 0 Å². The summed E-state index contributed by atoms with van der Waals surface area (Å²) >= 11 is 3.53. The number of hydrogen-bond acceptors (Lipinski definition) is 1. The number of nitrogens with one attached hydrogen (secondary N) is 1. The number of hydrogen-bond donors (Lipinski definition) is 2. The van der Waals surface area contributed by atoms with Crippen molar-refractivity contribution in [2.24, 2.45) is 11.7 Å². The zero-order valence-corrected chi connectivity index (χ0v) is 11.3. The number of aromatic amines is 1. The Kier molecular flexibility index (Phi) is 2.97. The van der Waals surface area contributed by atoms with Gasteiger partial charge in [-0.05, 0) is 42.5 Å². The summed E-state index contributed by atoms with van der Waals surface area (Å²) in [6.45, 7) is 0. The highest BCUT2D eigenvalue weighted by molar-refractivity contribution is 9.10. The predicted octanol–water partition coefficient (Wildman–Crippen LogP) is 4.12. The van der Waals surface area contributed by atoms with Gasteiger partial charge in [0.05, 0.1) is 0 Å². The Morgan fingerprint density at radius 1 is 1.29 bits per heavy atom. The molecule has 0 unspecified atom stereocenters. The average Bonchev–Trinajstić information content (AvgIpc) is 2.97. The van der Waals surface area contributed by atoms with Crippen LogP contribution in [0.4, 0.5) is 0 Å². The second kappa shape index (κ2) is 4.46. The number of nitrogens with two attached hydrogens (primary N) is 1. The van der Waals surface area contributed by atoms with Crippen molar-refractivity contribution < 1.29 is 0 Å². The molecular weight excluding hydrogens is 276 g/mol. The number of halogens is 1. The van der Waals surface area contributed by atoms with E-state index in [1.54, 1.807) is 0 Å². The minimum atomic E-state index is 0.181. The van der Waals surface area contributed by atoms with E-state index in [1.807, 2.05) is 0 Å². The molecule has 0 saturated heterocycles. The molecule has 90 valence electrons. The van der Waals surface area contributed by atoms with E-state index in [0.29, 0.717) is 5.92 Å². The molecule has 0 aliphatic heterocycles. The van der Waals surface area contributed by atoms with Crippen molar-refractivity contribution in [1.82, 2.24) is 4.98 Å². The lowest BCUT2D eigenvalue weighted by molar-refractivity contribution is 0.447. The van der Waals surface area contributed by atoms with Crippen LogP contribution >= 0.6 is 15.9 Å². The highest BCUT2D eigenvalue weighted by Crippen LogP contribution is 2.37. The van der Waals surface area contributed by atoms with Crippen LogP contribution in [0.15, 0.2) is 28.9 Å². The standard InChI is InChI=1S/C14H17BrN2/c15-10-5-6-13-11(7-10)12(8-17-13)14(16)9-3-1-2-4-9/h5-9,14,17H,1-4,16H2/t14-/m0/s1. The second-order valence-electron chi connectivity index (χ2n) is 5.00. The Morgan fingerprint density at radius 3 is 2.82 bits per heavy atom. The molecule has 1 aliphatic rings. The second-order valence-corrected chi connectivity index (χ2v) is 5.92. The topological polar surface area (TPSA) is 41.8 Å². The zero-order chi connectivity index (χ0) is 11.8. The third-order valence-corrected chi connectivity index (χ3v) is 4.44. The van der Waals surface area contributed by atoms with Crippen LogP contribution in [0.3, 0.4) is 0 Å². The van der Waals surface area contributed by atoms with Gasteiger partial charge in [-0.25, -0.2) is 0 Å². The van der Waals surface area contributed by atoms with Crippen molar-refractivity contribution in [3.63, 3.8) is 0 Å². The Morgan fingerprint density at radius 2 is 2.06 bits per heavy atom. The summed E-state index contributed by atoms with van der Waals surface area (Å²) in [7, 11) is 0. The average molecular weight is 293 g/mol. The van der Waals surface area contributed by atoms with Gasteiger partial charge in [-0.1, -0.05) is 28.8 Å². The minimum Gasteiger partial charge on any atom is -0.361 e. The van der Waals surface area contributed by atoms with E-state index in [9.17, 15) is 0 Å². The first kappa shape index (κ1) is 11.3. The van der Waals surface area contributed by atoms with E-state index in [2.05, 4.69) is 45.3 Å². The summed E-state index contributed by atoms with van der Waals surface area (Å²) in [4.78, 5) is 3.32. The molecule has 1 aromatic carbocycles. The molecule has 1 heterocycles. The van der Waals surface area contributed by atoms with Crippen molar-refractivity contribution in [2.75, 3.05) is 0 Å². The smallest absolute Gasteiger partial charge is 0.0458 e. The molecule has 1 aliphatic carbocycles. The largest absolute Gasteiger partial charge is 0.361 e. The lowest BCUT2D eigenvalue weighted by Gasteiger charge is -2.18. The van der Waals surface area contributed by atoms with Gasteiger partial charge in [0.15, 0.2) is 0 Å². The first-order valence-electron chi connectivity index (χ1n) is 6.28. The van der Waals surface area contributed by atoms with E-state index in [1.165, 1.54) is 42.1 Å². The lowest BCUT2D eigenvalue weighted by Crippen LogP contribution is -2.18. The molecular formula is C14H17BrN2. The van der Waals surface area contributed by atoms with Crippen LogP contribution in [-0.4, -0.2) is 4.98 Å². The summed E-state index contributed by atoms with van der Waals surface area (Å²) < 4.78 is 1.12.